The van der Waals surface area contributed by atoms with E-state index in [4.69, 9.17) is 38.4 Å². The van der Waals surface area contributed by atoms with E-state index in [9.17, 15) is 0 Å². The van der Waals surface area contributed by atoms with Gasteiger partial charge in [0.2, 0.25) is 0 Å². The Morgan fingerprint density at radius 1 is 0.950 bits per heavy atom. The highest BCUT2D eigenvalue weighted by Crippen LogP contribution is 2.33. The third-order valence-electron chi connectivity index (χ3n) is 3.07. The molecule has 5 heteroatoms. The molecule has 0 heterocycles. The maximum atomic E-state index is 6.30. The molecule has 1 unspecified atom stereocenters. The van der Waals surface area contributed by atoms with E-state index in [-0.39, 0.29) is 6.04 Å². The lowest BCUT2D eigenvalue weighted by Gasteiger charge is -2.17. The van der Waals surface area contributed by atoms with Crippen molar-refractivity contribution in [2.24, 2.45) is 5.73 Å². The zero-order valence-corrected chi connectivity index (χ0v) is 12.7. The number of hydrogen-bond donors (Lipinski definition) is 1. The number of benzene rings is 2. The van der Waals surface area contributed by atoms with Gasteiger partial charge in [-0.15, -0.1) is 0 Å². The van der Waals surface area contributed by atoms with Crippen molar-refractivity contribution in [3.05, 3.63) is 57.6 Å². The quantitative estimate of drug-likeness (QED) is 0.926. The first-order valence-electron chi connectivity index (χ1n) is 5.99. The first kappa shape index (κ1) is 15.0. The maximum absolute atomic E-state index is 6.30. The van der Waals surface area contributed by atoms with Crippen LogP contribution < -0.4 is 15.2 Å². The van der Waals surface area contributed by atoms with Crippen molar-refractivity contribution in [3.8, 4) is 11.5 Å². The molecule has 3 nitrogen and oxygen atoms in total. The Balaban J connectivity index is 2.45. The predicted molar refractivity (Wildman–Crippen MR) is 82.0 cm³/mol. The molecule has 0 fully saturated rings. The summed E-state index contributed by atoms with van der Waals surface area (Å²) in [7, 11) is 3.21. The van der Waals surface area contributed by atoms with E-state index in [1.165, 1.54) is 0 Å². The van der Waals surface area contributed by atoms with Crippen molar-refractivity contribution in [2.75, 3.05) is 14.2 Å². The first-order chi connectivity index (χ1) is 9.56. The molecular formula is C15H15Cl2NO2. The molecule has 20 heavy (non-hydrogen) atoms. The van der Waals surface area contributed by atoms with Crippen LogP contribution >= 0.6 is 23.2 Å². The second kappa shape index (κ2) is 6.35. The van der Waals surface area contributed by atoms with Crippen LogP contribution in [0.1, 0.15) is 17.2 Å². The number of nitrogens with two attached hydrogens (primary N) is 1. The van der Waals surface area contributed by atoms with Gasteiger partial charge in [0, 0.05) is 5.56 Å². The van der Waals surface area contributed by atoms with E-state index < -0.39 is 0 Å². The van der Waals surface area contributed by atoms with Gasteiger partial charge in [0.15, 0.2) is 0 Å². The van der Waals surface area contributed by atoms with Gasteiger partial charge < -0.3 is 15.2 Å². The smallest absolute Gasteiger partial charge is 0.124 e. The summed E-state index contributed by atoms with van der Waals surface area (Å²) in [4.78, 5) is 0. The molecule has 0 saturated carbocycles. The van der Waals surface area contributed by atoms with Gasteiger partial charge in [-0.05, 0) is 35.9 Å². The highest BCUT2D eigenvalue weighted by Gasteiger charge is 2.16. The van der Waals surface area contributed by atoms with Gasteiger partial charge in [-0.25, -0.2) is 0 Å². The summed E-state index contributed by atoms with van der Waals surface area (Å²) in [5, 5.41) is 0.974. The van der Waals surface area contributed by atoms with Crippen LogP contribution in [0.5, 0.6) is 11.5 Å². The lowest BCUT2D eigenvalue weighted by molar-refractivity contribution is 0.397. The van der Waals surface area contributed by atoms with E-state index >= 15 is 0 Å². The molecule has 2 rings (SSSR count). The molecule has 0 spiro atoms. The van der Waals surface area contributed by atoms with Gasteiger partial charge in [0.05, 0.1) is 30.3 Å². The van der Waals surface area contributed by atoms with E-state index in [1.54, 1.807) is 26.4 Å². The Hall–Kier alpha value is -1.42. The van der Waals surface area contributed by atoms with Crippen LogP contribution in [0.25, 0.3) is 0 Å². The summed E-state index contributed by atoms with van der Waals surface area (Å²) in [5.74, 6) is 1.42. The van der Waals surface area contributed by atoms with Gasteiger partial charge in [-0.3, -0.25) is 0 Å². The lowest BCUT2D eigenvalue weighted by Crippen LogP contribution is -2.13. The van der Waals surface area contributed by atoms with E-state index in [0.29, 0.717) is 15.8 Å². The summed E-state index contributed by atoms with van der Waals surface area (Å²) in [5.41, 5.74) is 7.97. The van der Waals surface area contributed by atoms with Gasteiger partial charge >= 0.3 is 0 Å². The molecule has 0 aliphatic carbocycles. The molecule has 0 saturated heterocycles. The summed E-state index contributed by atoms with van der Waals surface area (Å²) in [6.45, 7) is 0. The molecule has 0 aromatic heterocycles. The zero-order chi connectivity index (χ0) is 14.7. The summed E-state index contributed by atoms with van der Waals surface area (Å²) >= 11 is 12.0. The minimum absolute atomic E-state index is 0.380. The number of methoxy groups -OCH3 is 2. The summed E-state index contributed by atoms with van der Waals surface area (Å²) < 4.78 is 10.6. The lowest BCUT2D eigenvalue weighted by atomic mass is 9.98. The number of halogens is 2. The largest absolute Gasteiger partial charge is 0.497 e. The molecule has 0 radical (unpaired) electrons. The molecule has 106 valence electrons. The molecule has 0 aliphatic rings. The number of hydrogen-bond acceptors (Lipinski definition) is 3. The van der Waals surface area contributed by atoms with Crippen LogP contribution in [0.3, 0.4) is 0 Å². The molecule has 2 N–H and O–H groups in total. The molecular weight excluding hydrogens is 297 g/mol. The summed E-state index contributed by atoms with van der Waals surface area (Å²) in [6, 6.07) is 10.5. The standard InChI is InChI=1S/C15H15Cl2NO2/c1-19-10-4-6-14(20-2)11(8-10)15(18)9-3-5-12(16)13(17)7-9/h3-8,15H,18H2,1-2H3. The van der Waals surface area contributed by atoms with Crippen LogP contribution in [-0.4, -0.2) is 14.2 Å². The Kier molecular flexibility index (Phi) is 4.76. The van der Waals surface area contributed by atoms with Crippen LogP contribution in [0.2, 0.25) is 10.0 Å². The predicted octanol–water partition coefficient (Wildman–Crippen LogP) is 4.06. The third kappa shape index (κ3) is 3.01. The van der Waals surface area contributed by atoms with Gasteiger partial charge in [0.1, 0.15) is 11.5 Å². The van der Waals surface area contributed by atoms with Gasteiger partial charge in [-0.1, -0.05) is 29.3 Å². The monoisotopic (exact) mass is 311 g/mol. The Bertz CT molecular complexity index is 617. The van der Waals surface area contributed by atoms with E-state index in [0.717, 1.165) is 16.9 Å². The average Bonchev–Trinajstić information content (AvgIpc) is 2.48. The van der Waals surface area contributed by atoms with Crippen molar-refractivity contribution in [2.45, 2.75) is 6.04 Å². The fraction of sp³-hybridized carbons (Fsp3) is 0.200. The minimum atomic E-state index is -0.380. The highest BCUT2D eigenvalue weighted by molar-refractivity contribution is 6.42. The number of rotatable bonds is 4. The van der Waals surface area contributed by atoms with Crippen LogP contribution in [0.4, 0.5) is 0 Å². The average molecular weight is 312 g/mol. The van der Waals surface area contributed by atoms with E-state index in [2.05, 4.69) is 0 Å². The van der Waals surface area contributed by atoms with E-state index in [1.807, 2.05) is 24.3 Å². The fourth-order valence-electron chi connectivity index (χ4n) is 1.97. The second-order valence-corrected chi connectivity index (χ2v) is 5.07. The second-order valence-electron chi connectivity index (χ2n) is 4.26. The molecule has 0 amide bonds. The van der Waals surface area contributed by atoms with Crippen molar-refractivity contribution in [3.63, 3.8) is 0 Å². The van der Waals surface area contributed by atoms with Crippen molar-refractivity contribution >= 4 is 23.2 Å². The maximum Gasteiger partial charge on any atom is 0.124 e. The van der Waals surface area contributed by atoms with Crippen molar-refractivity contribution in [1.29, 1.82) is 0 Å². The van der Waals surface area contributed by atoms with Crippen LogP contribution in [0.15, 0.2) is 36.4 Å². The fourth-order valence-corrected chi connectivity index (χ4v) is 2.27. The topological polar surface area (TPSA) is 44.5 Å². The Labute approximate surface area is 128 Å². The van der Waals surface area contributed by atoms with Gasteiger partial charge in [0.25, 0.3) is 0 Å². The Morgan fingerprint density at radius 2 is 1.70 bits per heavy atom. The van der Waals surface area contributed by atoms with Crippen molar-refractivity contribution < 1.29 is 9.47 Å². The normalized spacial score (nSPS) is 12.1. The summed E-state index contributed by atoms with van der Waals surface area (Å²) in [6.07, 6.45) is 0. The van der Waals surface area contributed by atoms with Crippen LogP contribution in [-0.2, 0) is 0 Å². The third-order valence-corrected chi connectivity index (χ3v) is 3.81. The first-order valence-corrected chi connectivity index (χ1v) is 6.75. The molecule has 2 aromatic rings. The minimum Gasteiger partial charge on any atom is -0.497 e. The zero-order valence-electron chi connectivity index (χ0n) is 11.2. The SMILES string of the molecule is COc1ccc(OC)c(C(N)c2ccc(Cl)c(Cl)c2)c1. The highest BCUT2D eigenvalue weighted by atomic mass is 35.5. The molecule has 0 aliphatic heterocycles. The Morgan fingerprint density at radius 3 is 2.30 bits per heavy atom. The molecule has 0 bridgehead atoms. The van der Waals surface area contributed by atoms with Crippen LogP contribution in [0, 0.1) is 0 Å². The van der Waals surface area contributed by atoms with Gasteiger partial charge in [-0.2, -0.15) is 0 Å². The molecule has 2 aromatic carbocycles. The van der Waals surface area contributed by atoms with Crippen molar-refractivity contribution in [1.82, 2.24) is 0 Å². The molecule has 1 atom stereocenters. The number of ether oxygens (including phenoxy) is 2.